The molecule has 1 aliphatic heterocycles. The van der Waals surface area contributed by atoms with E-state index >= 15 is 0 Å². The summed E-state index contributed by atoms with van der Waals surface area (Å²) >= 11 is 0. The summed E-state index contributed by atoms with van der Waals surface area (Å²) in [5.41, 5.74) is -0.167. The molecule has 1 aliphatic carbocycles. The van der Waals surface area contributed by atoms with Crippen molar-refractivity contribution in [1.82, 2.24) is 4.53 Å². The highest BCUT2D eigenvalue weighted by molar-refractivity contribution is 8.22. The Labute approximate surface area is 114 Å². The quantitative estimate of drug-likeness (QED) is 0.735. The fourth-order valence-corrected chi connectivity index (χ4v) is 5.38. The van der Waals surface area contributed by atoms with Crippen LogP contribution >= 0.6 is 10.8 Å². The summed E-state index contributed by atoms with van der Waals surface area (Å²) in [6.45, 7) is 1.81. The van der Waals surface area contributed by atoms with E-state index in [1.54, 1.807) is 12.1 Å². The molecule has 3 nitrogen and oxygen atoms in total. The third kappa shape index (κ3) is 1.76. The molecule has 1 aromatic rings. The number of fused-ring (bicyclic) bond motifs is 1. The van der Waals surface area contributed by atoms with Crippen LogP contribution in [0.1, 0.15) is 44.6 Å². The monoisotopic (exact) mass is 285 g/mol. The lowest BCUT2D eigenvalue weighted by Gasteiger charge is -2.42. The molecule has 0 amide bonds. The van der Waals surface area contributed by atoms with Gasteiger partial charge in [0.25, 0.3) is 0 Å². The van der Waals surface area contributed by atoms with Crippen LogP contribution in [0.4, 0.5) is 4.48 Å². The summed E-state index contributed by atoms with van der Waals surface area (Å²) in [6.07, 6.45) is 5.27. The van der Waals surface area contributed by atoms with Crippen molar-refractivity contribution in [1.29, 1.82) is 0 Å². The molecule has 2 N–H and O–H groups in total. The van der Waals surface area contributed by atoms with Crippen LogP contribution in [0, 0.1) is 5.92 Å². The van der Waals surface area contributed by atoms with Gasteiger partial charge >= 0.3 is 0 Å². The highest BCUT2D eigenvalue weighted by Crippen LogP contribution is 2.68. The lowest BCUT2D eigenvalue weighted by molar-refractivity contribution is -0.0352. The Hall–Kier alpha value is -0.620. The third-order valence-corrected chi connectivity index (χ3v) is 6.49. The normalized spacial score (nSPS) is 33.1. The van der Waals surface area contributed by atoms with Gasteiger partial charge in [0.2, 0.25) is 0 Å². The first-order valence-electron chi connectivity index (χ1n) is 6.83. The van der Waals surface area contributed by atoms with Gasteiger partial charge in [-0.15, -0.1) is 4.48 Å². The Bertz CT molecular complexity index is 490. The molecule has 1 aromatic carbocycles. The summed E-state index contributed by atoms with van der Waals surface area (Å²) in [7, 11) is -3.47. The maximum atomic E-state index is 14.7. The minimum Gasteiger partial charge on any atom is -0.279 e. The Morgan fingerprint density at radius 1 is 1.21 bits per heavy atom. The largest absolute Gasteiger partial charge is 0.279 e. The Balaban J connectivity index is 2.10. The Morgan fingerprint density at radius 3 is 2.53 bits per heavy atom. The standard InChI is InChI=1S/C14H20FNO2S/c1-14(11-7-3-2-4-8-11)12-9-5-6-10-13(12)19(17,18)16(14)15/h5-6,9-11,17-18H,2-4,7-8H2,1H3. The maximum absolute atomic E-state index is 14.7. The van der Waals surface area contributed by atoms with Crippen molar-refractivity contribution in [2.75, 3.05) is 0 Å². The fourth-order valence-electron chi connectivity index (χ4n) is 3.60. The predicted molar refractivity (Wildman–Crippen MR) is 74.4 cm³/mol. The molecule has 0 radical (unpaired) electrons. The van der Waals surface area contributed by atoms with Crippen LogP contribution < -0.4 is 0 Å². The summed E-state index contributed by atoms with van der Waals surface area (Å²) in [5, 5.41) is 0. The minimum atomic E-state index is -3.47. The number of nitrogens with zero attached hydrogens (tertiary/aromatic N) is 1. The second-order valence-corrected chi connectivity index (χ2v) is 7.54. The molecular formula is C14H20FNO2S. The molecule has 0 aromatic heterocycles. The van der Waals surface area contributed by atoms with Crippen molar-refractivity contribution < 1.29 is 13.6 Å². The van der Waals surface area contributed by atoms with Crippen LogP contribution in [0.2, 0.25) is 0 Å². The molecular weight excluding hydrogens is 265 g/mol. The van der Waals surface area contributed by atoms with Gasteiger partial charge < -0.3 is 0 Å². The Kier molecular flexibility index (Phi) is 3.13. The molecule has 0 bridgehead atoms. The van der Waals surface area contributed by atoms with Crippen LogP contribution in [0.25, 0.3) is 0 Å². The molecule has 5 heteroatoms. The molecule has 2 aliphatic rings. The molecule has 0 saturated heterocycles. The SMILES string of the molecule is CC1(C2CCCCC2)c2ccccc2S(O)(O)N1F. The van der Waals surface area contributed by atoms with Gasteiger partial charge in [0.05, 0.1) is 10.4 Å². The highest BCUT2D eigenvalue weighted by Gasteiger charge is 2.56. The zero-order chi connectivity index (χ0) is 13.7. The number of hydrogen-bond donors (Lipinski definition) is 2. The van der Waals surface area contributed by atoms with Crippen molar-refractivity contribution in [3.63, 3.8) is 0 Å². The van der Waals surface area contributed by atoms with Gasteiger partial charge in [0.1, 0.15) is 0 Å². The zero-order valence-electron chi connectivity index (χ0n) is 11.1. The van der Waals surface area contributed by atoms with E-state index in [1.807, 2.05) is 19.1 Å². The van der Waals surface area contributed by atoms with Crippen molar-refractivity contribution in [3.8, 4) is 0 Å². The van der Waals surface area contributed by atoms with Crippen LogP contribution in [0.3, 0.4) is 0 Å². The summed E-state index contributed by atoms with van der Waals surface area (Å²) < 4.78 is 35.4. The average molecular weight is 285 g/mol. The molecule has 1 atom stereocenters. The van der Waals surface area contributed by atoms with Gasteiger partial charge in [-0.25, -0.2) is 0 Å². The molecule has 3 rings (SSSR count). The van der Waals surface area contributed by atoms with Gasteiger partial charge in [-0.1, -0.05) is 48.2 Å². The van der Waals surface area contributed by atoms with Gasteiger partial charge in [-0.2, -0.15) is 0 Å². The lowest BCUT2D eigenvalue weighted by Crippen LogP contribution is -2.42. The smallest absolute Gasteiger partial charge is 0.0992 e. The van der Waals surface area contributed by atoms with Crippen molar-refractivity contribution in [2.24, 2.45) is 5.92 Å². The van der Waals surface area contributed by atoms with Crippen LogP contribution in [-0.4, -0.2) is 13.6 Å². The molecule has 19 heavy (non-hydrogen) atoms. The molecule has 1 heterocycles. The summed E-state index contributed by atoms with van der Waals surface area (Å²) in [5.74, 6) is 0.140. The van der Waals surface area contributed by atoms with E-state index in [9.17, 15) is 13.6 Å². The number of rotatable bonds is 1. The van der Waals surface area contributed by atoms with E-state index in [-0.39, 0.29) is 5.92 Å². The van der Waals surface area contributed by atoms with Gasteiger partial charge in [0, 0.05) is 5.56 Å². The molecule has 0 spiro atoms. The van der Waals surface area contributed by atoms with Crippen LogP contribution in [0.5, 0.6) is 0 Å². The zero-order valence-corrected chi connectivity index (χ0v) is 11.9. The van der Waals surface area contributed by atoms with Crippen molar-refractivity contribution >= 4 is 10.8 Å². The topological polar surface area (TPSA) is 43.7 Å². The van der Waals surface area contributed by atoms with E-state index in [0.717, 1.165) is 31.2 Å². The van der Waals surface area contributed by atoms with E-state index in [0.29, 0.717) is 9.42 Å². The second kappa shape index (κ2) is 4.45. The number of hydrogen-bond acceptors (Lipinski definition) is 3. The first kappa shape index (κ1) is 13.4. The maximum Gasteiger partial charge on any atom is 0.0992 e. The van der Waals surface area contributed by atoms with E-state index in [4.69, 9.17) is 0 Å². The summed E-state index contributed by atoms with van der Waals surface area (Å²) in [6, 6.07) is 7.03. The first-order valence-corrected chi connectivity index (χ1v) is 8.33. The number of benzene rings is 1. The van der Waals surface area contributed by atoms with Crippen LogP contribution in [0.15, 0.2) is 29.2 Å². The second-order valence-electron chi connectivity index (χ2n) is 5.74. The van der Waals surface area contributed by atoms with E-state index in [2.05, 4.69) is 0 Å². The average Bonchev–Trinajstić information content (AvgIpc) is 2.61. The fraction of sp³-hybridized carbons (Fsp3) is 0.571. The lowest BCUT2D eigenvalue weighted by atomic mass is 9.73. The first-order chi connectivity index (χ1) is 8.99. The molecule has 1 unspecified atom stereocenters. The van der Waals surface area contributed by atoms with Crippen molar-refractivity contribution in [2.45, 2.75) is 49.5 Å². The predicted octanol–water partition coefficient (Wildman–Crippen LogP) is 4.71. The molecule has 106 valence electrons. The van der Waals surface area contributed by atoms with Gasteiger partial charge in [-0.05, 0) is 36.3 Å². The summed E-state index contributed by atoms with van der Waals surface area (Å²) in [4.78, 5) is 0.352. The Morgan fingerprint density at radius 2 is 1.84 bits per heavy atom. The van der Waals surface area contributed by atoms with Crippen molar-refractivity contribution in [3.05, 3.63) is 29.8 Å². The van der Waals surface area contributed by atoms with E-state index < -0.39 is 16.3 Å². The number of halogens is 1. The minimum absolute atomic E-state index is 0.140. The molecule has 1 saturated carbocycles. The van der Waals surface area contributed by atoms with Gasteiger partial charge in [0.15, 0.2) is 0 Å². The van der Waals surface area contributed by atoms with E-state index in [1.165, 1.54) is 6.42 Å². The van der Waals surface area contributed by atoms with Gasteiger partial charge in [-0.3, -0.25) is 9.11 Å². The van der Waals surface area contributed by atoms with Crippen LogP contribution in [-0.2, 0) is 5.54 Å². The third-order valence-electron chi connectivity index (χ3n) is 4.72. The molecule has 1 fully saturated rings. The highest BCUT2D eigenvalue weighted by atomic mass is 32.3.